The molecule has 0 N–H and O–H groups in total. The predicted octanol–water partition coefficient (Wildman–Crippen LogP) is 1.30. The minimum absolute atomic E-state index is 0.0255. The van der Waals surface area contributed by atoms with E-state index in [2.05, 4.69) is 4.98 Å². The van der Waals surface area contributed by atoms with Crippen LogP contribution in [0.2, 0.25) is 5.02 Å². The minimum Gasteiger partial charge on any atom is -0.339 e. The Morgan fingerprint density at radius 2 is 1.63 bits per heavy atom. The number of imidazole rings is 1. The first-order valence-electron chi connectivity index (χ1n) is 8.39. The van der Waals surface area contributed by atoms with E-state index in [0.717, 1.165) is 0 Å². The molecule has 11 heteroatoms. The fourth-order valence-corrected chi connectivity index (χ4v) is 6.05. The minimum atomic E-state index is -3.73. The number of nitrogens with zero attached hydrogens (tertiary/aromatic N) is 4. The van der Waals surface area contributed by atoms with E-state index < -0.39 is 20.0 Å². The van der Waals surface area contributed by atoms with Gasteiger partial charge in [-0.05, 0) is 24.1 Å². The molecule has 8 nitrogen and oxygen atoms in total. The first-order valence-corrected chi connectivity index (χ1v) is 11.8. The van der Waals surface area contributed by atoms with Crippen molar-refractivity contribution in [1.29, 1.82) is 0 Å². The monoisotopic (exact) mass is 432 g/mol. The van der Waals surface area contributed by atoms with E-state index in [1.165, 1.54) is 21.1 Å². The van der Waals surface area contributed by atoms with Crippen LogP contribution in [-0.2, 0) is 32.8 Å². The molecule has 148 valence electrons. The van der Waals surface area contributed by atoms with Gasteiger partial charge in [-0.15, -0.1) is 0 Å². The Kier molecular flexibility index (Phi) is 5.92. The molecule has 0 bridgehead atoms. The Morgan fingerprint density at radius 1 is 1.00 bits per heavy atom. The molecule has 3 rings (SSSR count). The van der Waals surface area contributed by atoms with Crippen molar-refractivity contribution in [2.24, 2.45) is 7.05 Å². The smallest absolute Gasteiger partial charge is 0.262 e. The van der Waals surface area contributed by atoms with Gasteiger partial charge in [-0.25, -0.2) is 26.1 Å². The van der Waals surface area contributed by atoms with Gasteiger partial charge in [0.05, 0.1) is 12.1 Å². The zero-order valence-electron chi connectivity index (χ0n) is 14.8. The van der Waals surface area contributed by atoms with Crippen molar-refractivity contribution in [3.05, 3.63) is 47.4 Å². The van der Waals surface area contributed by atoms with Crippen LogP contribution in [0.25, 0.3) is 0 Å². The van der Waals surface area contributed by atoms with Crippen LogP contribution in [0.5, 0.6) is 0 Å². The third kappa shape index (κ3) is 4.69. The van der Waals surface area contributed by atoms with Crippen molar-refractivity contribution in [1.82, 2.24) is 18.2 Å². The summed E-state index contributed by atoms with van der Waals surface area (Å²) in [5, 5.41) is 0.517. The van der Waals surface area contributed by atoms with Crippen LogP contribution in [0.4, 0.5) is 0 Å². The van der Waals surface area contributed by atoms with E-state index in [0.29, 0.717) is 17.0 Å². The van der Waals surface area contributed by atoms with Crippen molar-refractivity contribution in [3.8, 4) is 0 Å². The fourth-order valence-electron chi connectivity index (χ4n) is 2.93. The first-order chi connectivity index (χ1) is 12.7. The maximum atomic E-state index is 12.7. The number of halogens is 1. The molecule has 0 unspecified atom stereocenters. The normalized spacial score (nSPS) is 17.7. The van der Waals surface area contributed by atoms with Crippen molar-refractivity contribution in [3.63, 3.8) is 0 Å². The highest BCUT2D eigenvalue weighted by molar-refractivity contribution is 7.89. The van der Waals surface area contributed by atoms with Crippen molar-refractivity contribution < 1.29 is 16.8 Å². The third-order valence-corrected chi connectivity index (χ3v) is 8.24. The Morgan fingerprint density at radius 3 is 2.26 bits per heavy atom. The second-order valence-electron chi connectivity index (χ2n) is 6.42. The number of aromatic nitrogens is 2. The molecule has 0 saturated carbocycles. The lowest BCUT2D eigenvalue weighted by molar-refractivity contribution is 0.403. The van der Waals surface area contributed by atoms with E-state index in [-0.39, 0.29) is 37.0 Å². The molecule has 1 aromatic carbocycles. The van der Waals surface area contributed by atoms with E-state index in [4.69, 9.17) is 11.6 Å². The molecule has 1 saturated heterocycles. The summed E-state index contributed by atoms with van der Waals surface area (Å²) in [6.45, 7) is 0.747. The zero-order valence-corrected chi connectivity index (χ0v) is 17.2. The standard InChI is InChI=1S/C16H21ClN4O4S2/c1-19-11-16(18-13-19)27(24,25)21-8-2-7-20(9-10-21)26(22,23)12-14-3-5-15(17)6-4-14/h3-6,11,13H,2,7-10,12H2,1H3. The number of rotatable bonds is 5. The molecule has 0 amide bonds. The van der Waals surface area contributed by atoms with Crippen LogP contribution < -0.4 is 0 Å². The lowest BCUT2D eigenvalue weighted by atomic mass is 10.2. The van der Waals surface area contributed by atoms with Crippen LogP contribution >= 0.6 is 11.6 Å². The summed E-state index contributed by atoms with van der Waals surface area (Å²) in [7, 11) is -5.59. The highest BCUT2D eigenvalue weighted by Crippen LogP contribution is 2.19. The van der Waals surface area contributed by atoms with E-state index in [1.54, 1.807) is 35.9 Å². The molecule has 0 aliphatic carbocycles. The molecule has 2 aromatic rings. The maximum absolute atomic E-state index is 12.7. The molecule has 1 aliphatic rings. The van der Waals surface area contributed by atoms with E-state index in [9.17, 15) is 16.8 Å². The molecular formula is C16H21ClN4O4S2. The molecule has 27 heavy (non-hydrogen) atoms. The van der Waals surface area contributed by atoms with Gasteiger partial charge in [0.1, 0.15) is 0 Å². The number of hydrogen-bond donors (Lipinski definition) is 0. The first kappa shape index (κ1) is 20.3. The fraction of sp³-hybridized carbons (Fsp3) is 0.438. The molecule has 1 aromatic heterocycles. The highest BCUT2D eigenvalue weighted by atomic mass is 35.5. The topological polar surface area (TPSA) is 92.6 Å². The molecule has 2 heterocycles. The van der Waals surface area contributed by atoms with Gasteiger partial charge < -0.3 is 4.57 Å². The summed E-state index contributed by atoms with van der Waals surface area (Å²) in [6, 6.07) is 6.65. The van der Waals surface area contributed by atoms with Crippen LogP contribution in [0.1, 0.15) is 12.0 Å². The summed E-state index contributed by atoms with van der Waals surface area (Å²) in [6.07, 6.45) is 3.29. The SMILES string of the molecule is Cn1cnc(S(=O)(=O)N2CCCN(S(=O)(=O)Cc3ccc(Cl)cc3)CC2)c1. The van der Waals surface area contributed by atoms with Gasteiger partial charge in [0.2, 0.25) is 10.0 Å². The zero-order chi connectivity index (χ0) is 19.7. The van der Waals surface area contributed by atoms with Gasteiger partial charge in [-0.3, -0.25) is 0 Å². The number of aryl methyl sites for hydroxylation is 1. The Labute approximate surface area is 164 Å². The van der Waals surface area contributed by atoms with Crippen molar-refractivity contribution >= 4 is 31.6 Å². The number of hydrogen-bond acceptors (Lipinski definition) is 5. The second kappa shape index (κ2) is 7.88. The molecule has 0 radical (unpaired) electrons. The Balaban J connectivity index is 1.71. The van der Waals surface area contributed by atoms with Crippen molar-refractivity contribution in [2.75, 3.05) is 26.2 Å². The molecule has 0 spiro atoms. The highest BCUT2D eigenvalue weighted by Gasteiger charge is 2.32. The summed E-state index contributed by atoms with van der Waals surface area (Å²) in [5.41, 5.74) is 0.640. The average Bonchev–Trinajstić information content (AvgIpc) is 2.89. The second-order valence-corrected chi connectivity index (χ2v) is 10.7. The van der Waals surface area contributed by atoms with Gasteiger partial charge in [0.25, 0.3) is 10.0 Å². The predicted molar refractivity (Wildman–Crippen MR) is 102 cm³/mol. The van der Waals surface area contributed by atoms with Crippen LogP contribution in [0, 0.1) is 0 Å². The molecule has 0 atom stereocenters. The largest absolute Gasteiger partial charge is 0.339 e. The molecule has 1 fully saturated rings. The van der Waals surface area contributed by atoms with Gasteiger partial charge >= 0.3 is 0 Å². The maximum Gasteiger partial charge on any atom is 0.262 e. The van der Waals surface area contributed by atoms with Crippen LogP contribution in [0.3, 0.4) is 0 Å². The lowest BCUT2D eigenvalue weighted by Crippen LogP contribution is -2.37. The van der Waals surface area contributed by atoms with E-state index in [1.807, 2.05) is 0 Å². The van der Waals surface area contributed by atoms with Gasteiger partial charge in [-0.2, -0.15) is 4.31 Å². The van der Waals surface area contributed by atoms with Crippen LogP contribution in [0.15, 0.2) is 41.8 Å². The van der Waals surface area contributed by atoms with Gasteiger partial charge in [0, 0.05) is 44.4 Å². The average molecular weight is 433 g/mol. The third-order valence-electron chi connectivity index (χ3n) is 4.35. The lowest BCUT2D eigenvalue weighted by Gasteiger charge is -2.21. The Bertz CT molecular complexity index is 1000. The number of sulfonamides is 2. The van der Waals surface area contributed by atoms with Gasteiger partial charge in [0.15, 0.2) is 5.03 Å². The summed E-state index contributed by atoms with van der Waals surface area (Å²) >= 11 is 5.84. The Hall–Kier alpha value is -1.46. The molecule has 1 aliphatic heterocycles. The summed E-state index contributed by atoms with van der Waals surface area (Å²) in [5.74, 6) is -0.142. The summed E-state index contributed by atoms with van der Waals surface area (Å²) in [4.78, 5) is 3.91. The van der Waals surface area contributed by atoms with Crippen molar-refractivity contribution in [2.45, 2.75) is 17.2 Å². The van der Waals surface area contributed by atoms with E-state index >= 15 is 0 Å². The number of benzene rings is 1. The van der Waals surface area contributed by atoms with Gasteiger partial charge in [-0.1, -0.05) is 23.7 Å². The quantitative estimate of drug-likeness (QED) is 0.710. The molecular weight excluding hydrogens is 412 g/mol. The van der Waals surface area contributed by atoms with Crippen LogP contribution in [-0.4, -0.2) is 61.2 Å². The summed E-state index contributed by atoms with van der Waals surface area (Å²) < 4.78 is 55.1.